The van der Waals surface area contributed by atoms with Crippen LogP contribution >= 0.6 is 0 Å². The van der Waals surface area contributed by atoms with Crippen molar-refractivity contribution in [2.24, 2.45) is 11.8 Å². The van der Waals surface area contributed by atoms with E-state index in [2.05, 4.69) is 5.32 Å². The van der Waals surface area contributed by atoms with Gasteiger partial charge in [0.25, 0.3) is 5.91 Å². The number of amides is 4. The van der Waals surface area contributed by atoms with Crippen molar-refractivity contribution in [2.45, 2.75) is 160 Å². The molecule has 15 nitrogen and oxygen atoms in total. The van der Waals surface area contributed by atoms with Crippen LogP contribution in [0, 0.1) is 11.8 Å². The molecule has 8 rings (SSSR count). The van der Waals surface area contributed by atoms with Crippen molar-refractivity contribution in [1.82, 2.24) is 20.1 Å². The average molecular weight is 923 g/mol. The normalized spacial score (nSPS) is 27.2. The lowest BCUT2D eigenvalue weighted by Crippen LogP contribution is -2.70. The monoisotopic (exact) mass is 922 g/mol. The van der Waals surface area contributed by atoms with Gasteiger partial charge in [-0.25, -0.2) is 24.3 Å². The topological polar surface area (TPSA) is 172 Å². The number of methoxy groups -OCH3 is 1. The van der Waals surface area contributed by atoms with E-state index in [-0.39, 0.29) is 44.6 Å². The fourth-order valence-corrected chi connectivity index (χ4v) is 10.1. The number of nitrogens with zero attached hydrogens (tertiary/aromatic N) is 3. The first kappa shape index (κ1) is 47.6. The van der Waals surface area contributed by atoms with Crippen LogP contribution in [0.3, 0.4) is 0 Å². The predicted octanol–water partition coefficient (Wildman–Crippen LogP) is 8.77. The molecule has 3 bridgehead atoms. The Balaban J connectivity index is 1.23. The number of pyridine rings is 1. The SMILES string of the molecule is CCOC(=O)C12CCC1C=CCCCCCC1NC(=O)OC3CC3CCCCCc3c(nc4ccccc4c3OCc3ccc(OC)cc3)OC3CC(C(=O)N2C(=O)OC(C)(C)C)N(C3)C1=O. The summed E-state index contributed by atoms with van der Waals surface area (Å²) in [5.74, 6) is -0.640. The van der Waals surface area contributed by atoms with Gasteiger partial charge in [0.2, 0.25) is 11.8 Å². The number of hydrogen-bond donors (Lipinski definition) is 1. The Morgan fingerprint density at radius 1 is 0.910 bits per heavy atom. The molecule has 3 aromatic rings. The van der Waals surface area contributed by atoms with Crippen LogP contribution < -0.4 is 19.5 Å². The summed E-state index contributed by atoms with van der Waals surface area (Å²) in [5.41, 5.74) is -0.409. The molecule has 1 saturated heterocycles. The number of aromatic nitrogens is 1. The summed E-state index contributed by atoms with van der Waals surface area (Å²) in [6.45, 7) is 6.96. The number of alkyl carbamates (subject to hydrolysis) is 1. The van der Waals surface area contributed by atoms with Crippen LogP contribution in [0.1, 0.15) is 122 Å². The highest BCUT2D eigenvalue weighted by Crippen LogP contribution is 2.48. The molecule has 5 aliphatic rings. The van der Waals surface area contributed by atoms with Crippen molar-refractivity contribution in [3.8, 4) is 17.4 Å². The summed E-state index contributed by atoms with van der Waals surface area (Å²) in [4.78, 5) is 80.8. The summed E-state index contributed by atoms with van der Waals surface area (Å²) in [5, 5.41) is 3.71. The maximum absolute atomic E-state index is 15.7. The van der Waals surface area contributed by atoms with E-state index in [9.17, 15) is 14.4 Å². The second-order valence-electron chi connectivity index (χ2n) is 19.6. The van der Waals surface area contributed by atoms with E-state index in [1.165, 1.54) is 4.90 Å². The number of hydrogen-bond acceptors (Lipinski definition) is 12. The molecule has 67 heavy (non-hydrogen) atoms. The second kappa shape index (κ2) is 20.6. The number of rotatable bonds is 6. The number of imide groups is 1. The van der Waals surface area contributed by atoms with Crippen LogP contribution in [-0.4, -0.2) is 100 Å². The van der Waals surface area contributed by atoms with Crippen LogP contribution in [0.25, 0.3) is 10.9 Å². The Morgan fingerprint density at radius 2 is 1.69 bits per heavy atom. The molecular weight excluding hydrogens is 857 g/mol. The smallest absolute Gasteiger partial charge is 0.418 e. The number of carbonyl (C=O) groups excluding carboxylic acids is 5. The van der Waals surface area contributed by atoms with Gasteiger partial charge in [-0.3, -0.25) is 9.59 Å². The van der Waals surface area contributed by atoms with E-state index < -0.39 is 65.2 Å². The summed E-state index contributed by atoms with van der Waals surface area (Å²) < 4.78 is 36.6. The molecule has 1 N–H and O–H groups in total. The molecular formula is C52H66N4O11. The number of allylic oxidation sites excluding steroid dienone is 1. The van der Waals surface area contributed by atoms with Gasteiger partial charge in [0, 0.05) is 17.7 Å². The molecule has 360 valence electrons. The van der Waals surface area contributed by atoms with E-state index in [1.54, 1.807) is 34.8 Å². The first-order valence-corrected chi connectivity index (χ1v) is 24.3. The minimum atomic E-state index is -1.72. The highest BCUT2D eigenvalue weighted by molar-refractivity contribution is 6.04. The molecule has 0 spiro atoms. The van der Waals surface area contributed by atoms with E-state index in [0.717, 1.165) is 72.1 Å². The van der Waals surface area contributed by atoms with Crippen LogP contribution in [0.15, 0.2) is 60.7 Å². The Kier molecular flexibility index (Phi) is 14.6. The third-order valence-corrected chi connectivity index (χ3v) is 13.8. The molecule has 15 heteroatoms. The van der Waals surface area contributed by atoms with Crippen LogP contribution in [0.4, 0.5) is 9.59 Å². The van der Waals surface area contributed by atoms with E-state index >= 15 is 9.59 Å². The molecule has 0 radical (unpaired) electrons. The molecule has 7 atom stereocenters. The van der Waals surface area contributed by atoms with Crippen molar-refractivity contribution < 1.29 is 52.4 Å². The van der Waals surface area contributed by atoms with Gasteiger partial charge in [0.1, 0.15) is 48.0 Å². The lowest BCUT2D eigenvalue weighted by molar-refractivity contribution is -0.176. The second-order valence-corrected chi connectivity index (χ2v) is 19.6. The van der Waals surface area contributed by atoms with E-state index in [0.29, 0.717) is 49.3 Å². The van der Waals surface area contributed by atoms with Crippen molar-refractivity contribution in [2.75, 3.05) is 20.3 Å². The fraction of sp³-hybridized carbons (Fsp3) is 0.577. The zero-order chi connectivity index (χ0) is 47.3. The zero-order valence-corrected chi connectivity index (χ0v) is 39.6. The van der Waals surface area contributed by atoms with Crippen molar-refractivity contribution in [1.29, 1.82) is 0 Å². The molecule has 2 aliphatic carbocycles. The van der Waals surface area contributed by atoms with Crippen LogP contribution in [0.2, 0.25) is 0 Å². The van der Waals surface area contributed by atoms with Gasteiger partial charge in [-0.2, -0.15) is 0 Å². The average Bonchev–Trinajstić information content (AvgIpc) is 3.88. The predicted molar refractivity (Wildman–Crippen MR) is 248 cm³/mol. The summed E-state index contributed by atoms with van der Waals surface area (Å²) >= 11 is 0. The van der Waals surface area contributed by atoms with Crippen LogP contribution in [-0.2, 0) is 41.6 Å². The van der Waals surface area contributed by atoms with Gasteiger partial charge in [-0.05, 0) is 121 Å². The van der Waals surface area contributed by atoms with Gasteiger partial charge < -0.3 is 38.6 Å². The number of nitrogens with one attached hydrogen (secondary N) is 1. The number of ether oxygens (including phenoxy) is 6. The minimum absolute atomic E-state index is 0.0231. The number of esters is 1. The number of carbonyl (C=O) groups is 5. The third kappa shape index (κ3) is 10.7. The van der Waals surface area contributed by atoms with Gasteiger partial charge in [-0.1, -0.05) is 62.1 Å². The number of para-hydroxylation sites is 1. The van der Waals surface area contributed by atoms with E-state index in [1.807, 2.05) is 60.7 Å². The number of benzene rings is 2. The highest BCUT2D eigenvalue weighted by Gasteiger charge is 2.63. The van der Waals surface area contributed by atoms with Gasteiger partial charge in [0.05, 0.1) is 31.3 Å². The Morgan fingerprint density at radius 3 is 2.43 bits per heavy atom. The molecule has 2 aromatic carbocycles. The maximum Gasteiger partial charge on any atom is 0.418 e. The standard InChI is InChI=1S/C52H66N4O11/c1-6-63-48(59)52-28-27-35(52)18-12-8-7-9-14-22-41-46(57)55-31-37(30-42(55)47(58)56(52)50(61)67-51(2,3)4)65-45-39(20-13-10-11-17-34-29-43(34)66-49(60)54-41)44(38-19-15-16-21-40(38)53-45)64-32-33-23-25-36(62-5)26-24-33/h12,15-16,18-19,21,23-26,34-35,37,41-43H,6-11,13-14,17,20,22,27-32H2,1-5H3,(H,54,60). The minimum Gasteiger partial charge on any atom is -0.497 e. The maximum atomic E-state index is 15.7. The van der Waals surface area contributed by atoms with Gasteiger partial charge in [0.15, 0.2) is 5.54 Å². The largest absolute Gasteiger partial charge is 0.497 e. The molecule has 4 heterocycles. The molecule has 3 fully saturated rings. The Bertz CT molecular complexity index is 2330. The first-order chi connectivity index (χ1) is 32.3. The fourth-order valence-electron chi connectivity index (χ4n) is 10.1. The van der Waals surface area contributed by atoms with Crippen molar-refractivity contribution in [3.05, 3.63) is 71.8 Å². The van der Waals surface area contributed by atoms with Gasteiger partial charge >= 0.3 is 18.2 Å². The molecule has 2 saturated carbocycles. The molecule has 4 amide bonds. The highest BCUT2D eigenvalue weighted by atomic mass is 16.6. The molecule has 7 unspecified atom stereocenters. The Labute approximate surface area is 393 Å². The summed E-state index contributed by atoms with van der Waals surface area (Å²) in [7, 11) is 1.63. The van der Waals surface area contributed by atoms with Crippen LogP contribution in [0.5, 0.6) is 17.4 Å². The van der Waals surface area contributed by atoms with Crippen molar-refractivity contribution >= 4 is 40.9 Å². The summed E-state index contributed by atoms with van der Waals surface area (Å²) in [6.07, 6.45) is 9.78. The molecule has 1 aromatic heterocycles. The van der Waals surface area contributed by atoms with Gasteiger partial charge in [-0.15, -0.1) is 0 Å². The lowest BCUT2D eigenvalue weighted by atomic mass is 9.64. The Hall–Kier alpha value is -5.86. The summed E-state index contributed by atoms with van der Waals surface area (Å²) in [6, 6.07) is 13.1. The zero-order valence-electron chi connectivity index (χ0n) is 39.6. The van der Waals surface area contributed by atoms with E-state index in [4.69, 9.17) is 33.4 Å². The molecule has 3 aliphatic heterocycles. The third-order valence-electron chi connectivity index (χ3n) is 13.8. The lowest BCUT2D eigenvalue weighted by Gasteiger charge is -2.52. The van der Waals surface area contributed by atoms with Crippen molar-refractivity contribution in [3.63, 3.8) is 0 Å². The first-order valence-electron chi connectivity index (χ1n) is 24.3. The number of fused-ring (bicyclic) bond motifs is 6. The quantitative estimate of drug-likeness (QED) is 0.142.